The monoisotopic (exact) mass is 348 g/mol. The summed E-state index contributed by atoms with van der Waals surface area (Å²) in [7, 11) is 0. The lowest BCUT2D eigenvalue weighted by molar-refractivity contribution is 1.06. The molecule has 6 heteroatoms. The Morgan fingerprint density at radius 1 is 1.30 bits per heavy atom. The van der Waals surface area contributed by atoms with E-state index in [9.17, 15) is 9.70 Å². The zero-order chi connectivity index (χ0) is 14.1. The van der Waals surface area contributed by atoms with Crippen molar-refractivity contribution in [3.63, 3.8) is 0 Å². The van der Waals surface area contributed by atoms with Crippen molar-refractivity contribution in [1.82, 2.24) is 4.98 Å². The second kappa shape index (κ2) is 5.30. The molecule has 0 saturated heterocycles. The van der Waals surface area contributed by atoms with Gasteiger partial charge >= 0.3 is 0 Å². The molecule has 0 aliphatic heterocycles. The van der Waals surface area contributed by atoms with Crippen LogP contribution in [0.4, 0.5) is 0 Å². The molecule has 0 aliphatic rings. The first-order chi connectivity index (χ1) is 9.70. The van der Waals surface area contributed by atoms with Crippen molar-refractivity contribution < 1.29 is 0 Å². The molecular formula is C14H9BrN2O2S. The van der Waals surface area contributed by atoms with Gasteiger partial charge in [0.25, 0.3) is 5.56 Å². The first-order valence-corrected chi connectivity index (χ1v) is 7.55. The molecule has 0 radical (unpaired) electrons. The number of aromatic nitrogens is 1. The predicted octanol–water partition coefficient (Wildman–Crippen LogP) is 4.29. The smallest absolute Gasteiger partial charge is 0.257 e. The molecule has 0 spiro atoms. The molecule has 2 heterocycles. The number of H-pyrrole nitrogens is 1. The fourth-order valence-corrected chi connectivity index (χ4v) is 3.40. The fraction of sp³-hybridized carbons (Fsp3) is 0.0714. The molecule has 100 valence electrons. The Morgan fingerprint density at radius 2 is 2.15 bits per heavy atom. The van der Waals surface area contributed by atoms with Gasteiger partial charge in [-0.25, -0.2) is 0 Å². The molecule has 4 nitrogen and oxygen atoms in total. The van der Waals surface area contributed by atoms with Gasteiger partial charge in [0.1, 0.15) is 6.54 Å². The molecule has 3 aromatic rings. The van der Waals surface area contributed by atoms with E-state index in [0.717, 1.165) is 14.7 Å². The third-order valence-electron chi connectivity index (χ3n) is 3.07. The van der Waals surface area contributed by atoms with Crippen LogP contribution in [0.15, 0.2) is 50.2 Å². The van der Waals surface area contributed by atoms with E-state index < -0.39 is 0 Å². The zero-order valence-electron chi connectivity index (χ0n) is 10.2. The Balaban J connectivity index is 2.44. The Hall–Kier alpha value is -1.79. The first kappa shape index (κ1) is 13.2. The standard InChI is InChI=1S/C14H9BrN2O2S/c15-8-3-4-11-9(6-8)10(7-16-19)13(14(18)17-11)12-2-1-5-20-12/h1-6H,7H2,(H,17,18). The summed E-state index contributed by atoms with van der Waals surface area (Å²) in [5, 5.41) is 5.72. The number of fused-ring (bicyclic) bond motifs is 1. The molecule has 1 aromatic carbocycles. The van der Waals surface area contributed by atoms with Crippen molar-refractivity contribution in [3.8, 4) is 10.4 Å². The highest BCUT2D eigenvalue weighted by Gasteiger charge is 2.15. The third-order valence-corrected chi connectivity index (χ3v) is 4.45. The Morgan fingerprint density at radius 3 is 2.85 bits per heavy atom. The summed E-state index contributed by atoms with van der Waals surface area (Å²) in [4.78, 5) is 26.8. The second-order valence-corrected chi connectivity index (χ2v) is 6.13. The minimum Gasteiger partial charge on any atom is -0.321 e. The average molecular weight is 349 g/mol. The number of hydrogen-bond donors (Lipinski definition) is 1. The second-order valence-electron chi connectivity index (χ2n) is 4.26. The van der Waals surface area contributed by atoms with Crippen molar-refractivity contribution in [3.05, 3.63) is 61.0 Å². The predicted molar refractivity (Wildman–Crippen MR) is 85.1 cm³/mol. The normalized spacial score (nSPS) is 10.8. The van der Waals surface area contributed by atoms with Crippen molar-refractivity contribution in [2.24, 2.45) is 5.18 Å². The molecule has 0 atom stereocenters. The number of nitrogens with one attached hydrogen (secondary N) is 1. The summed E-state index contributed by atoms with van der Waals surface area (Å²) in [5.74, 6) is 0. The Bertz CT molecular complexity index is 840. The van der Waals surface area contributed by atoms with Crippen LogP contribution in [-0.4, -0.2) is 4.98 Å². The molecular weight excluding hydrogens is 340 g/mol. The molecule has 2 aromatic heterocycles. The van der Waals surface area contributed by atoms with E-state index in [1.165, 1.54) is 11.3 Å². The van der Waals surface area contributed by atoms with Crippen molar-refractivity contribution >= 4 is 38.2 Å². The SMILES string of the molecule is O=NCc1c(-c2cccs2)c(=O)[nH]c2ccc(Br)cc12. The Labute approximate surface area is 126 Å². The molecule has 0 fully saturated rings. The molecule has 0 amide bonds. The number of nitrogens with zero attached hydrogens (tertiary/aromatic N) is 1. The van der Waals surface area contributed by atoms with E-state index in [-0.39, 0.29) is 12.1 Å². The highest BCUT2D eigenvalue weighted by molar-refractivity contribution is 9.10. The van der Waals surface area contributed by atoms with Gasteiger partial charge in [-0.3, -0.25) is 4.79 Å². The minimum absolute atomic E-state index is 0.0237. The number of pyridine rings is 1. The maximum Gasteiger partial charge on any atom is 0.257 e. The lowest BCUT2D eigenvalue weighted by atomic mass is 10.0. The van der Waals surface area contributed by atoms with E-state index in [1.54, 1.807) is 0 Å². The minimum atomic E-state index is -0.194. The lowest BCUT2D eigenvalue weighted by Gasteiger charge is -2.09. The van der Waals surface area contributed by atoms with Crippen molar-refractivity contribution in [2.75, 3.05) is 0 Å². The largest absolute Gasteiger partial charge is 0.321 e. The molecule has 20 heavy (non-hydrogen) atoms. The van der Waals surface area contributed by atoms with Crippen LogP contribution in [0.3, 0.4) is 0 Å². The number of halogens is 1. The van der Waals surface area contributed by atoms with Gasteiger partial charge in [-0.1, -0.05) is 27.2 Å². The number of benzene rings is 1. The maximum absolute atomic E-state index is 12.3. The highest BCUT2D eigenvalue weighted by Crippen LogP contribution is 2.31. The van der Waals surface area contributed by atoms with E-state index in [0.29, 0.717) is 16.6 Å². The average Bonchev–Trinajstić information content (AvgIpc) is 2.93. The molecule has 0 aliphatic carbocycles. The van der Waals surface area contributed by atoms with Crippen LogP contribution in [0.2, 0.25) is 0 Å². The summed E-state index contributed by atoms with van der Waals surface area (Å²) in [5.41, 5.74) is 1.71. The van der Waals surface area contributed by atoms with Crippen LogP contribution in [0, 0.1) is 4.91 Å². The Kier molecular flexibility index (Phi) is 3.50. The number of hydrogen-bond acceptors (Lipinski definition) is 4. The topological polar surface area (TPSA) is 62.3 Å². The fourth-order valence-electron chi connectivity index (χ4n) is 2.24. The lowest BCUT2D eigenvalue weighted by Crippen LogP contribution is -2.12. The van der Waals surface area contributed by atoms with Crippen LogP contribution >= 0.6 is 27.3 Å². The van der Waals surface area contributed by atoms with Crippen LogP contribution < -0.4 is 5.56 Å². The maximum atomic E-state index is 12.3. The molecule has 0 saturated carbocycles. The number of nitroso groups, excluding NO2 is 1. The van der Waals surface area contributed by atoms with Gasteiger partial charge in [-0.05, 0) is 29.6 Å². The van der Waals surface area contributed by atoms with Gasteiger partial charge in [0, 0.05) is 25.8 Å². The summed E-state index contributed by atoms with van der Waals surface area (Å²) in [6.07, 6.45) is 0. The van der Waals surface area contributed by atoms with E-state index in [4.69, 9.17) is 0 Å². The van der Waals surface area contributed by atoms with Gasteiger partial charge in [0.05, 0.1) is 5.56 Å². The van der Waals surface area contributed by atoms with Gasteiger partial charge in [0.2, 0.25) is 0 Å². The zero-order valence-corrected chi connectivity index (χ0v) is 12.6. The van der Waals surface area contributed by atoms with Gasteiger partial charge < -0.3 is 4.98 Å². The van der Waals surface area contributed by atoms with Crippen molar-refractivity contribution in [2.45, 2.75) is 6.54 Å². The van der Waals surface area contributed by atoms with Crippen LogP contribution in [0.5, 0.6) is 0 Å². The first-order valence-electron chi connectivity index (χ1n) is 5.88. The quantitative estimate of drug-likeness (QED) is 0.717. The third kappa shape index (κ3) is 2.21. The summed E-state index contributed by atoms with van der Waals surface area (Å²) >= 11 is 4.88. The van der Waals surface area contributed by atoms with Gasteiger partial charge in [-0.15, -0.1) is 11.3 Å². The van der Waals surface area contributed by atoms with E-state index >= 15 is 0 Å². The number of thiophene rings is 1. The summed E-state index contributed by atoms with van der Waals surface area (Å²) in [6, 6.07) is 9.30. The van der Waals surface area contributed by atoms with Gasteiger partial charge in [0.15, 0.2) is 0 Å². The van der Waals surface area contributed by atoms with Crippen LogP contribution in [0.1, 0.15) is 5.56 Å². The van der Waals surface area contributed by atoms with Crippen LogP contribution in [-0.2, 0) is 6.54 Å². The number of rotatable bonds is 3. The van der Waals surface area contributed by atoms with Crippen LogP contribution in [0.25, 0.3) is 21.3 Å². The molecule has 0 unspecified atom stereocenters. The van der Waals surface area contributed by atoms with Gasteiger partial charge in [-0.2, -0.15) is 4.91 Å². The van der Waals surface area contributed by atoms with E-state index in [1.807, 2.05) is 35.7 Å². The number of aromatic amines is 1. The molecule has 1 N–H and O–H groups in total. The summed E-state index contributed by atoms with van der Waals surface area (Å²) in [6.45, 7) is -0.0237. The van der Waals surface area contributed by atoms with Crippen molar-refractivity contribution in [1.29, 1.82) is 0 Å². The molecule has 3 rings (SSSR count). The summed E-state index contributed by atoms with van der Waals surface area (Å²) < 4.78 is 0.890. The van der Waals surface area contributed by atoms with E-state index in [2.05, 4.69) is 26.1 Å². The molecule has 0 bridgehead atoms. The highest BCUT2D eigenvalue weighted by atomic mass is 79.9.